The summed E-state index contributed by atoms with van der Waals surface area (Å²) in [6.07, 6.45) is 3.21. The minimum atomic E-state index is -0.559. The Balaban J connectivity index is 1.85. The molecule has 1 atom stereocenters. The van der Waals surface area contributed by atoms with Crippen LogP contribution in [0.1, 0.15) is 29.6 Å². The van der Waals surface area contributed by atoms with Crippen LogP contribution in [0.15, 0.2) is 18.2 Å². The van der Waals surface area contributed by atoms with Gasteiger partial charge in [0.2, 0.25) is 0 Å². The Hall–Kier alpha value is -1.62. The molecule has 1 aliphatic heterocycles. The monoisotopic (exact) mass is 266 g/mol. The molecule has 1 aromatic rings. The van der Waals surface area contributed by atoms with E-state index >= 15 is 0 Å². The average molecular weight is 266 g/mol. The van der Waals surface area contributed by atoms with Crippen LogP contribution in [0, 0.1) is 5.82 Å². The summed E-state index contributed by atoms with van der Waals surface area (Å²) in [7, 11) is 1.46. The van der Waals surface area contributed by atoms with Crippen LogP contribution in [-0.4, -0.2) is 32.1 Å². The molecule has 0 spiro atoms. The number of hydrogen-bond acceptors (Lipinski definition) is 3. The Morgan fingerprint density at radius 1 is 1.58 bits per heavy atom. The Kier molecular flexibility index (Phi) is 4.74. The topological polar surface area (TPSA) is 50.4 Å². The summed E-state index contributed by atoms with van der Waals surface area (Å²) >= 11 is 0. The number of benzene rings is 1. The van der Waals surface area contributed by atoms with Crippen molar-refractivity contribution in [2.75, 3.05) is 20.2 Å². The molecule has 0 saturated carbocycles. The van der Waals surface area contributed by atoms with Crippen molar-refractivity contribution in [2.24, 2.45) is 0 Å². The molecule has 19 heavy (non-hydrogen) atoms. The van der Waals surface area contributed by atoms with E-state index in [4.69, 9.17) is 4.74 Å². The standard InChI is InChI=1S/C14H19FN2O2/c1-19-11-4-5-12(13(15)9-11)14(18)17-8-6-10-3-2-7-16-10/h4-5,9-10,16H,2-3,6-8H2,1H3,(H,17,18)/t10-/m1/s1. The van der Waals surface area contributed by atoms with Gasteiger partial charge in [-0.25, -0.2) is 4.39 Å². The quantitative estimate of drug-likeness (QED) is 0.853. The summed E-state index contributed by atoms with van der Waals surface area (Å²) in [5, 5.41) is 6.10. The first-order valence-corrected chi connectivity index (χ1v) is 6.56. The molecule has 1 aromatic carbocycles. The van der Waals surface area contributed by atoms with E-state index in [1.807, 2.05) is 0 Å². The van der Waals surface area contributed by atoms with Gasteiger partial charge in [0.15, 0.2) is 0 Å². The highest BCUT2D eigenvalue weighted by Gasteiger charge is 2.15. The molecule has 1 fully saturated rings. The third-order valence-corrected chi connectivity index (χ3v) is 3.36. The van der Waals surface area contributed by atoms with Crippen LogP contribution in [0.5, 0.6) is 5.75 Å². The zero-order chi connectivity index (χ0) is 13.7. The van der Waals surface area contributed by atoms with Crippen molar-refractivity contribution in [3.05, 3.63) is 29.6 Å². The molecule has 2 N–H and O–H groups in total. The lowest BCUT2D eigenvalue weighted by Gasteiger charge is -2.11. The lowest BCUT2D eigenvalue weighted by molar-refractivity contribution is 0.0948. The lowest BCUT2D eigenvalue weighted by Crippen LogP contribution is -2.31. The summed E-state index contributed by atoms with van der Waals surface area (Å²) in [5.41, 5.74) is 0.0557. The van der Waals surface area contributed by atoms with Crippen LogP contribution in [-0.2, 0) is 0 Å². The van der Waals surface area contributed by atoms with Crippen molar-refractivity contribution in [2.45, 2.75) is 25.3 Å². The highest BCUT2D eigenvalue weighted by molar-refractivity contribution is 5.94. The van der Waals surface area contributed by atoms with Gasteiger partial charge in [0.1, 0.15) is 11.6 Å². The number of carbonyl (C=O) groups is 1. The van der Waals surface area contributed by atoms with E-state index in [-0.39, 0.29) is 11.5 Å². The van der Waals surface area contributed by atoms with Gasteiger partial charge in [-0.1, -0.05) is 0 Å². The Morgan fingerprint density at radius 2 is 2.42 bits per heavy atom. The van der Waals surface area contributed by atoms with Gasteiger partial charge >= 0.3 is 0 Å². The Morgan fingerprint density at radius 3 is 3.05 bits per heavy atom. The molecule has 1 amide bonds. The van der Waals surface area contributed by atoms with Crippen LogP contribution in [0.25, 0.3) is 0 Å². The normalized spacial score (nSPS) is 18.3. The second-order valence-corrected chi connectivity index (χ2v) is 4.68. The van der Waals surface area contributed by atoms with Gasteiger partial charge in [0, 0.05) is 18.7 Å². The Bertz CT molecular complexity index is 445. The van der Waals surface area contributed by atoms with Crippen LogP contribution in [0.4, 0.5) is 4.39 Å². The molecule has 0 unspecified atom stereocenters. The van der Waals surface area contributed by atoms with Gasteiger partial charge in [-0.3, -0.25) is 4.79 Å². The van der Waals surface area contributed by atoms with E-state index in [0.717, 1.165) is 19.4 Å². The van der Waals surface area contributed by atoms with Crippen LogP contribution in [0.2, 0.25) is 0 Å². The maximum absolute atomic E-state index is 13.7. The van der Waals surface area contributed by atoms with Crippen molar-refractivity contribution in [1.82, 2.24) is 10.6 Å². The number of rotatable bonds is 5. The molecule has 2 rings (SSSR count). The van der Waals surface area contributed by atoms with Gasteiger partial charge < -0.3 is 15.4 Å². The average Bonchev–Trinajstić information content (AvgIpc) is 2.91. The molecule has 1 heterocycles. The third-order valence-electron chi connectivity index (χ3n) is 3.36. The fourth-order valence-corrected chi connectivity index (χ4v) is 2.27. The van der Waals surface area contributed by atoms with Crippen molar-refractivity contribution >= 4 is 5.91 Å². The molecule has 5 heteroatoms. The minimum absolute atomic E-state index is 0.0557. The predicted octanol–water partition coefficient (Wildman–Crippen LogP) is 1.71. The smallest absolute Gasteiger partial charge is 0.254 e. The summed E-state index contributed by atoms with van der Waals surface area (Å²) < 4.78 is 18.6. The number of nitrogens with one attached hydrogen (secondary N) is 2. The fourth-order valence-electron chi connectivity index (χ4n) is 2.27. The SMILES string of the molecule is COc1ccc(C(=O)NCC[C@H]2CCCN2)c(F)c1. The lowest BCUT2D eigenvalue weighted by atomic mass is 10.1. The van der Waals surface area contributed by atoms with Crippen LogP contribution in [0.3, 0.4) is 0 Å². The first-order valence-electron chi connectivity index (χ1n) is 6.56. The summed E-state index contributed by atoms with van der Waals surface area (Å²) in [6.45, 7) is 1.60. The number of methoxy groups -OCH3 is 1. The summed E-state index contributed by atoms with van der Waals surface area (Å²) in [6, 6.07) is 4.71. The fraction of sp³-hybridized carbons (Fsp3) is 0.500. The number of halogens is 1. The molecular weight excluding hydrogens is 247 g/mol. The van der Waals surface area contributed by atoms with Gasteiger partial charge in [-0.2, -0.15) is 0 Å². The van der Waals surface area contributed by atoms with Gasteiger partial charge in [-0.05, 0) is 37.9 Å². The number of carbonyl (C=O) groups excluding carboxylic acids is 1. The van der Waals surface area contributed by atoms with E-state index in [1.54, 1.807) is 6.07 Å². The maximum Gasteiger partial charge on any atom is 0.254 e. The number of hydrogen-bond donors (Lipinski definition) is 2. The Labute approximate surface area is 112 Å². The second kappa shape index (κ2) is 6.52. The first kappa shape index (κ1) is 13.8. The molecule has 0 bridgehead atoms. The number of amides is 1. The highest BCUT2D eigenvalue weighted by atomic mass is 19.1. The summed E-state index contributed by atoms with van der Waals surface area (Å²) in [5.74, 6) is -0.529. The zero-order valence-corrected chi connectivity index (χ0v) is 11.0. The van der Waals surface area contributed by atoms with Crippen LogP contribution < -0.4 is 15.4 Å². The molecule has 4 nitrogen and oxygen atoms in total. The molecule has 0 aliphatic carbocycles. The van der Waals surface area contributed by atoms with Crippen molar-refractivity contribution < 1.29 is 13.9 Å². The summed E-state index contributed by atoms with van der Waals surface area (Å²) in [4.78, 5) is 11.8. The van der Waals surface area contributed by atoms with E-state index in [2.05, 4.69) is 10.6 Å². The van der Waals surface area contributed by atoms with E-state index in [0.29, 0.717) is 18.3 Å². The first-order chi connectivity index (χ1) is 9.20. The van der Waals surface area contributed by atoms with Crippen LogP contribution >= 0.6 is 0 Å². The van der Waals surface area contributed by atoms with E-state index in [9.17, 15) is 9.18 Å². The van der Waals surface area contributed by atoms with E-state index in [1.165, 1.54) is 25.7 Å². The zero-order valence-electron chi connectivity index (χ0n) is 11.0. The molecular formula is C14H19FN2O2. The van der Waals surface area contributed by atoms with Crippen molar-refractivity contribution in [3.8, 4) is 5.75 Å². The van der Waals surface area contributed by atoms with Gasteiger partial charge in [-0.15, -0.1) is 0 Å². The number of ether oxygens (including phenoxy) is 1. The molecule has 0 aromatic heterocycles. The predicted molar refractivity (Wildman–Crippen MR) is 70.9 cm³/mol. The molecule has 1 aliphatic rings. The second-order valence-electron chi connectivity index (χ2n) is 4.68. The largest absolute Gasteiger partial charge is 0.497 e. The van der Waals surface area contributed by atoms with Crippen molar-refractivity contribution in [3.63, 3.8) is 0 Å². The third kappa shape index (κ3) is 3.67. The molecule has 104 valence electrons. The van der Waals surface area contributed by atoms with E-state index < -0.39 is 5.82 Å². The van der Waals surface area contributed by atoms with Gasteiger partial charge in [0.25, 0.3) is 5.91 Å². The minimum Gasteiger partial charge on any atom is -0.497 e. The maximum atomic E-state index is 13.7. The molecule has 1 saturated heterocycles. The van der Waals surface area contributed by atoms with Gasteiger partial charge in [0.05, 0.1) is 12.7 Å². The van der Waals surface area contributed by atoms with Crippen molar-refractivity contribution in [1.29, 1.82) is 0 Å². The highest BCUT2D eigenvalue weighted by Crippen LogP contribution is 2.16. The molecule has 0 radical (unpaired) electrons.